The van der Waals surface area contributed by atoms with Crippen LogP contribution in [0, 0.1) is 0 Å². The number of aliphatic hydroxyl groups is 1. The Labute approximate surface area is 120 Å². The molecule has 1 atom stereocenters. The maximum Gasteiger partial charge on any atom is 0.223 e. The average molecular weight is 282 g/mol. The number of pyridine rings is 1. The fourth-order valence-electron chi connectivity index (χ4n) is 2.38. The molecule has 1 unspecified atom stereocenters. The molecule has 0 saturated carbocycles. The molecule has 1 aromatic rings. The van der Waals surface area contributed by atoms with E-state index in [0.29, 0.717) is 17.9 Å². The van der Waals surface area contributed by atoms with E-state index in [9.17, 15) is 15.0 Å². The molecule has 0 aliphatic rings. The standard InChI is InChI=1S/C15H26N2O3/c1-5-11(4)17-12(10-18)8-14(19)15(20)13(17)9-16(6-2)7-3/h8,11,18,20H,5-7,9-10H2,1-4H3. The number of hydrogen-bond acceptors (Lipinski definition) is 4. The van der Waals surface area contributed by atoms with Gasteiger partial charge in [-0.25, -0.2) is 0 Å². The van der Waals surface area contributed by atoms with Gasteiger partial charge in [0.2, 0.25) is 5.43 Å². The second-order valence-corrected chi connectivity index (χ2v) is 5.04. The SMILES string of the molecule is CCC(C)n1c(CO)cc(=O)c(O)c1CN(CC)CC. The summed E-state index contributed by atoms with van der Waals surface area (Å²) in [4.78, 5) is 14.0. The molecular weight excluding hydrogens is 256 g/mol. The van der Waals surface area contributed by atoms with Crippen LogP contribution in [-0.4, -0.2) is 32.8 Å². The van der Waals surface area contributed by atoms with Crippen molar-refractivity contribution in [1.82, 2.24) is 9.47 Å². The first kappa shape index (κ1) is 16.7. The Bertz CT molecular complexity index is 493. The van der Waals surface area contributed by atoms with Crippen molar-refractivity contribution in [2.75, 3.05) is 13.1 Å². The fraction of sp³-hybridized carbons (Fsp3) is 0.667. The molecule has 0 radical (unpaired) electrons. The molecule has 1 rings (SSSR count). The van der Waals surface area contributed by atoms with E-state index in [2.05, 4.69) is 4.90 Å². The van der Waals surface area contributed by atoms with E-state index in [1.54, 1.807) is 0 Å². The lowest BCUT2D eigenvalue weighted by molar-refractivity contribution is 0.248. The summed E-state index contributed by atoms with van der Waals surface area (Å²) >= 11 is 0. The van der Waals surface area contributed by atoms with Crippen molar-refractivity contribution in [3.8, 4) is 5.75 Å². The molecule has 1 heterocycles. The highest BCUT2D eigenvalue weighted by molar-refractivity contribution is 5.30. The lowest BCUT2D eigenvalue weighted by Crippen LogP contribution is -2.28. The highest BCUT2D eigenvalue weighted by atomic mass is 16.3. The van der Waals surface area contributed by atoms with E-state index < -0.39 is 5.43 Å². The van der Waals surface area contributed by atoms with Crippen molar-refractivity contribution >= 4 is 0 Å². The monoisotopic (exact) mass is 282 g/mol. The molecule has 1 aromatic heterocycles. The maximum absolute atomic E-state index is 11.8. The molecule has 0 spiro atoms. The summed E-state index contributed by atoms with van der Waals surface area (Å²) in [5.41, 5.74) is 0.736. The predicted molar refractivity (Wildman–Crippen MR) is 79.9 cm³/mol. The molecule has 2 N–H and O–H groups in total. The molecule has 5 nitrogen and oxygen atoms in total. The third-order valence-corrected chi connectivity index (χ3v) is 3.87. The minimum Gasteiger partial charge on any atom is -0.503 e. The van der Waals surface area contributed by atoms with Gasteiger partial charge in [0, 0.05) is 24.3 Å². The summed E-state index contributed by atoms with van der Waals surface area (Å²) in [7, 11) is 0. The Morgan fingerprint density at radius 1 is 1.30 bits per heavy atom. The van der Waals surface area contributed by atoms with Crippen LogP contribution in [0.15, 0.2) is 10.9 Å². The molecule has 0 saturated heterocycles. The van der Waals surface area contributed by atoms with E-state index in [0.717, 1.165) is 19.5 Å². The summed E-state index contributed by atoms with van der Waals surface area (Å²) in [6.45, 7) is 10.1. The molecule has 0 bridgehead atoms. The van der Waals surface area contributed by atoms with Crippen LogP contribution in [0.2, 0.25) is 0 Å². The molecule has 0 fully saturated rings. The third-order valence-electron chi connectivity index (χ3n) is 3.87. The van der Waals surface area contributed by atoms with E-state index >= 15 is 0 Å². The highest BCUT2D eigenvalue weighted by Gasteiger charge is 2.19. The summed E-state index contributed by atoms with van der Waals surface area (Å²) in [6.07, 6.45) is 0.862. The normalized spacial score (nSPS) is 12.9. The summed E-state index contributed by atoms with van der Waals surface area (Å²) in [5.74, 6) is -0.200. The number of hydrogen-bond donors (Lipinski definition) is 2. The van der Waals surface area contributed by atoms with Gasteiger partial charge in [-0.05, 0) is 26.4 Å². The van der Waals surface area contributed by atoms with E-state index in [1.165, 1.54) is 6.07 Å². The molecule has 0 aliphatic carbocycles. The summed E-state index contributed by atoms with van der Waals surface area (Å²) in [5, 5.41) is 19.6. The van der Waals surface area contributed by atoms with Crippen molar-refractivity contribution in [2.45, 2.75) is 53.3 Å². The van der Waals surface area contributed by atoms with Gasteiger partial charge < -0.3 is 14.8 Å². The minimum absolute atomic E-state index is 0.120. The van der Waals surface area contributed by atoms with Crippen molar-refractivity contribution < 1.29 is 10.2 Å². The van der Waals surface area contributed by atoms with Crippen LogP contribution in [0.25, 0.3) is 0 Å². The molecule has 0 amide bonds. The van der Waals surface area contributed by atoms with E-state index in [-0.39, 0.29) is 18.4 Å². The largest absolute Gasteiger partial charge is 0.503 e. The Hall–Kier alpha value is -1.33. The molecule has 0 aliphatic heterocycles. The number of nitrogens with zero attached hydrogens (tertiary/aromatic N) is 2. The van der Waals surface area contributed by atoms with Crippen molar-refractivity contribution in [3.05, 3.63) is 27.7 Å². The maximum atomic E-state index is 11.8. The van der Waals surface area contributed by atoms with Crippen LogP contribution in [0.5, 0.6) is 5.75 Å². The first-order valence-corrected chi connectivity index (χ1v) is 7.29. The van der Waals surface area contributed by atoms with Crippen LogP contribution in [0.3, 0.4) is 0 Å². The fourth-order valence-corrected chi connectivity index (χ4v) is 2.38. The van der Waals surface area contributed by atoms with Crippen molar-refractivity contribution in [1.29, 1.82) is 0 Å². The van der Waals surface area contributed by atoms with Gasteiger partial charge in [0.15, 0.2) is 5.75 Å². The van der Waals surface area contributed by atoms with Gasteiger partial charge in [-0.15, -0.1) is 0 Å². The number of aliphatic hydroxyl groups excluding tert-OH is 1. The van der Waals surface area contributed by atoms with Gasteiger partial charge in [0.05, 0.1) is 12.3 Å². The zero-order valence-corrected chi connectivity index (χ0v) is 12.9. The van der Waals surface area contributed by atoms with Crippen LogP contribution < -0.4 is 5.43 Å². The molecule has 20 heavy (non-hydrogen) atoms. The van der Waals surface area contributed by atoms with Gasteiger partial charge in [-0.1, -0.05) is 20.8 Å². The predicted octanol–water partition coefficient (Wildman–Crippen LogP) is 1.86. The first-order chi connectivity index (χ1) is 9.49. The third kappa shape index (κ3) is 3.41. The number of aromatic nitrogens is 1. The molecule has 114 valence electrons. The van der Waals surface area contributed by atoms with Crippen LogP contribution in [0.1, 0.15) is 51.5 Å². The van der Waals surface area contributed by atoms with Gasteiger partial charge in [0.1, 0.15) is 0 Å². The smallest absolute Gasteiger partial charge is 0.223 e. The van der Waals surface area contributed by atoms with Gasteiger partial charge in [-0.2, -0.15) is 0 Å². The zero-order valence-electron chi connectivity index (χ0n) is 12.9. The van der Waals surface area contributed by atoms with Crippen LogP contribution in [0.4, 0.5) is 0 Å². The van der Waals surface area contributed by atoms with Crippen molar-refractivity contribution in [2.24, 2.45) is 0 Å². The number of aromatic hydroxyl groups is 1. The van der Waals surface area contributed by atoms with Gasteiger partial charge >= 0.3 is 0 Å². The Kier molecular flexibility index (Phi) is 6.23. The molecule has 0 aromatic carbocycles. The van der Waals surface area contributed by atoms with Crippen LogP contribution >= 0.6 is 0 Å². The molecule has 5 heteroatoms. The van der Waals surface area contributed by atoms with Gasteiger partial charge in [-0.3, -0.25) is 9.69 Å². The minimum atomic E-state index is -0.421. The molecular formula is C15H26N2O3. The number of rotatable bonds is 7. The quantitative estimate of drug-likeness (QED) is 0.801. The Morgan fingerprint density at radius 2 is 1.90 bits per heavy atom. The average Bonchev–Trinajstić information content (AvgIpc) is 2.47. The van der Waals surface area contributed by atoms with Gasteiger partial charge in [0.25, 0.3) is 0 Å². The topological polar surface area (TPSA) is 65.7 Å². The second-order valence-electron chi connectivity index (χ2n) is 5.04. The lowest BCUT2D eigenvalue weighted by Gasteiger charge is -2.27. The summed E-state index contributed by atoms with van der Waals surface area (Å²) in [6, 6.07) is 1.45. The summed E-state index contributed by atoms with van der Waals surface area (Å²) < 4.78 is 1.90. The van der Waals surface area contributed by atoms with Crippen molar-refractivity contribution in [3.63, 3.8) is 0 Å². The zero-order chi connectivity index (χ0) is 15.3. The van der Waals surface area contributed by atoms with E-state index in [1.807, 2.05) is 32.3 Å². The van der Waals surface area contributed by atoms with Crippen LogP contribution in [-0.2, 0) is 13.2 Å². The van der Waals surface area contributed by atoms with E-state index in [4.69, 9.17) is 0 Å². The first-order valence-electron chi connectivity index (χ1n) is 7.29. The second kappa shape index (κ2) is 7.45. The highest BCUT2D eigenvalue weighted by Crippen LogP contribution is 2.23. The Morgan fingerprint density at radius 3 is 2.35 bits per heavy atom. The lowest BCUT2D eigenvalue weighted by atomic mass is 10.1. The Balaban J connectivity index is 3.43.